The van der Waals surface area contributed by atoms with Crippen molar-refractivity contribution in [1.29, 1.82) is 0 Å². The molecule has 3 heterocycles. The molecule has 140 valence electrons. The normalized spacial score (nSPS) is 10.8. The van der Waals surface area contributed by atoms with E-state index in [1.165, 1.54) is 11.6 Å². The van der Waals surface area contributed by atoms with Gasteiger partial charge in [-0.2, -0.15) is 0 Å². The molecule has 0 spiro atoms. The van der Waals surface area contributed by atoms with Crippen LogP contribution in [0.4, 0.5) is 5.82 Å². The number of benzene rings is 1. The van der Waals surface area contributed by atoms with E-state index >= 15 is 0 Å². The maximum absolute atomic E-state index is 11.6. The molecule has 0 bridgehead atoms. The van der Waals surface area contributed by atoms with Gasteiger partial charge in [0.15, 0.2) is 11.5 Å². The van der Waals surface area contributed by atoms with Crippen molar-refractivity contribution in [3.05, 3.63) is 59.8 Å². The average molecular weight is 376 g/mol. The second-order valence-electron chi connectivity index (χ2n) is 5.84. The summed E-state index contributed by atoms with van der Waals surface area (Å²) in [7, 11) is 1.49. The average Bonchev–Trinajstić information content (AvgIpc) is 3.17. The van der Waals surface area contributed by atoms with Crippen molar-refractivity contribution in [2.24, 2.45) is 5.73 Å². The summed E-state index contributed by atoms with van der Waals surface area (Å²) in [4.78, 5) is 16.1. The molecule has 0 aliphatic heterocycles. The number of aromatic nitrogens is 6. The number of pyridine rings is 1. The number of ether oxygens (including phenoxy) is 1. The smallest absolute Gasteiger partial charge is 0.276 e. The molecule has 0 unspecified atom stereocenters. The Morgan fingerprint density at radius 2 is 1.93 bits per heavy atom. The lowest BCUT2D eigenvalue weighted by Crippen LogP contribution is -2.15. The van der Waals surface area contributed by atoms with E-state index in [4.69, 9.17) is 10.5 Å². The number of nitrogens with two attached hydrogens (primary N) is 1. The number of fused-ring (bicyclic) bond motifs is 1. The molecule has 0 aliphatic carbocycles. The van der Waals surface area contributed by atoms with Crippen molar-refractivity contribution in [2.45, 2.75) is 6.54 Å². The molecular formula is C18H16N8O2. The maximum atomic E-state index is 11.6. The quantitative estimate of drug-likeness (QED) is 0.514. The third kappa shape index (κ3) is 3.18. The Labute approximate surface area is 159 Å². The van der Waals surface area contributed by atoms with Gasteiger partial charge in [-0.3, -0.25) is 4.79 Å². The van der Waals surface area contributed by atoms with Crippen LogP contribution in [-0.4, -0.2) is 43.0 Å². The highest BCUT2D eigenvalue weighted by molar-refractivity contribution is 5.92. The summed E-state index contributed by atoms with van der Waals surface area (Å²) in [6, 6.07) is 14.8. The van der Waals surface area contributed by atoms with Crippen LogP contribution < -0.4 is 15.8 Å². The van der Waals surface area contributed by atoms with Crippen molar-refractivity contribution in [2.75, 3.05) is 12.4 Å². The molecule has 10 heteroatoms. The van der Waals surface area contributed by atoms with E-state index in [9.17, 15) is 4.79 Å². The van der Waals surface area contributed by atoms with Gasteiger partial charge >= 0.3 is 0 Å². The van der Waals surface area contributed by atoms with Crippen molar-refractivity contribution in [3.8, 4) is 17.4 Å². The second-order valence-corrected chi connectivity index (χ2v) is 5.84. The zero-order valence-electron chi connectivity index (χ0n) is 14.9. The molecule has 0 atom stereocenters. The van der Waals surface area contributed by atoms with Gasteiger partial charge in [-0.1, -0.05) is 41.6 Å². The molecule has 0 saturated carbocycles. The van der Waals surface area contributed by atoms with Gasteiger partial charge in [0.05, 0.1) is 12.6 Å². The van der Waals surface area contributed by atoms with Crippen LogP contribution in [0.5, 0.6) is 5.88 Å². The van der Waals surface area contributed by atoms with Crippen molar-refractivity contribution < 1.29 is 9.53 Å². The standard InChI is InChI=1S/C18H16N8O2/c1-28-18-17(20-10-11-6-3-2-4-7-11)21-16(23-24-18)14-12-8-5-9-13(15(19)27)26(12)25-22-14/h2-9H,10H2,1H3,(H2,19,27)(H,20,21,23). The summed E-state index contributed by atoms with van der Waals surface area (Å²) in [5.41, 5.74) is 7.58. The molecule has 0 saturated heterocycles. The van der Waals surface area contributed by atoms with Crippen molar-refractivity contribution in [3.63, 3.8) is 0 Å². The van der Waals surface area contributed by atoms with Crippen LogP contribution in [0.25, 0.3) is 17.0 Å². The Kier molecular flexibility index (Phi) is 4.50. The first kappa shape index (κ1) is 17.3. The van der Waals surface area contributed by atoms with E-state index in [1.807, 2.05) is 30.3 Å². The van der Waals surface area contributed by atoms with Crippen LogP contribution in [0.15, 0.2) is 48.5 Å². The molecule has 0 fully saturated rings. The van der Waals surface area contributed by atoms with E-state index in [2.05, 4.69) is 30.8 Å². The highest BCUT2D eigenvalue weighted by Crippen LogP contribution is 2.24. The largest absolute Gasteiger partial charge is 0.477 e. The van der Waals surface area contributed by atoms with E-state index < -0.39 is 5.91 Å². The summed E-state index contributed by atoms with van der Waals surface area (Å²) in [6.45, 7) is 0.531. The van der Waals surface area contributed by atoms with Crippen molar-refractivity contribution in [1.82, 2.24) is 30.0 Å². The summed E-state index contributed by atoms with van der Waals surface area (Å²) >= 11 is 0. The molecule has 0 aliphatic rings. The Balaban J connectivity index is 1.72. The summed E-state index contributed by atoms with van der Waals surface area (Å²) in [5.74, 6) is 0.312. The molecule has 3 N–H and O–H groups in total. The number of primary amides is 1. The van der Waals surface area contributed by atoms with Gasteiger partial charge in [-0.05, 0) is 17.7 Å². The predicted octanol–water partition coefficient (Wildman–Crippen LogP) is 1.30. The van der Waals surface area contributed by atoms with Gasteiger partial charge < -0.3 is 15.8 Å². The highest BCUT2D eigenvalue weighted by Gasteiger charge is 2.18. The first-order chi connectivity index (χ1) is 13.7. The van der Waals surface area contributed by atoms with Gasteiger partial charge in [0.1, 0.15) is 5.69 Å². The fraction of sp³-hybridized carbons (Fsp3) is 0.111. The minimum atomic E-state index is -0.610. The van der Waals surface area contributed by atoms with E-state index in [1.54, 1.807) is 18.2 Å². The molecule has 4 aromatic rings. The van der Waals surface area contributed by atoms with Crippen molar-refractivity contribution >= 4 is 17.2 Å². The number of anilines is 1. The SMILES string of the molecule is COc1nnc(-c2nnn3c(C(N)=O)cccc23)nc1NCc1ccccc1. The lowest BCUT2D eigenvalue weighted by Gasteiger charge is -2.09. The minimum Gasteiger partial charge on any atom is -0.477 e. The van der Waals surface area contributed by atoms with E-state index in [0.717, 1.165) is 5.56 Å². The molecule has 4 rings (SSSR count). The molecular weight excluding hydrogens is 360 g/mol. The van der Waals surface area contributed by atoms with Crippen LogP contribution in [0.2, 0.25) is 0 Å². The third-order valence-electron chi connectivity index (χ3n) is 4.06. The molecule has 28 heavy (non-hydrogen) atoms. The Morgan fingerprint density at radius 1 is 1.11 bits per heavy atom. The van der Waals surface area contributed by atoms with E-state index in [0.29, 0.717) is 23.6 Å². The van der Waals surface area contributed by atoms with Crippen LogP contribution in [0.3, 0.4) is 0 Å². The number of nitrogens with zero attached hydrogens (tertiary/aromatic N) is 6. The first-order valence-corrected chi connectivity index (χ1v) is 8.38. The fourth-order valence-corrected chi connectivity index (χ4v) is 2.71. The zero-order valence-corrected chi connectivity index (χ0v) is 14.9. The molecule has 0 radical (unpaired) electrons. The molecule has 3 aromatic heterocycles. The van der Waals surface area contributed by atoms with Crippen LogP contribution in [0.1, 0.15) is 16.1 Å². The zero-order chi connectivity index (χ0) is 19.5. The van der Waals surface area contributed by atoms with Gasteiger partial charge in [-0.15, -0.1) is 15.3 Å². The maximum Gasteiger partial charge on any atom is 0.276 e. The number of hydrogen-bond acceptors (Lipinski definition) is 8. The van der Waals surface area contributed by atoms with Gasteiger partial charge in [0, 0.05) is 6.54 Å². The van der Waals surface area contributed by atoms with Gasteiger partial charge in [0.2, 0.25) is 5.82 Å². The first-order valence-electron chi connectivity index (χ1n) is 8.38. The van der Waals surface area contributed by atoms with Gasteiger partial charge in [0.25, 0.3) is 11.8 Å². The number of carbonyl (C=O) groups excluding carboxylic acids is 1. The lowest BCUT2D eigenvalue weighted by molar-refractivity contribution is 0.0993. The number of methoxy groups -OCH3 is 1. The van der Waals surface area contributed by atoms with Crippen LogP contribution >= 0.6 is 0 Å². The molecule has 1 amide bonds. The van der Waals surface area contributed by atoms with Gasteiger partial charge in [-0.25, -0.2) is 9.50 Å². The summed E-state index contributed by atoms with van der Waals surface area (Å²) in [5, 5.41) is 19.4. The second kappa shape index (κ2) is 7.27. The number of rotatable bonds is 6. The lowest BCUT2D eigenvalue weighted by atomic mass is 10.2. The summed E-state index contributed by atoms with van der Waals surface area (Å²) in [6.07, 6.45) is 0. The Bertz CT molecular complexity index is 1140. The molecule has 10 nitrogen and oxygen atoms in total. The number of hydrogen-bond donors (Lipinski definition) is 2. The highest BCUT2D eigenvalue weighted by atomic mass is 16.5. The monoisotopic (exact) mass is 376 g/mol. The number of nitrogens with one attached hydrogen (secondary N) is 1. The number of amides is 1. The number of carbonyl (C=O) groups is 1. The molecule has 1 aromatic carbocycles. The Hall–Kier alpha value is -4.08. The minimum absolute atomic E-state index is 0.208. The topological polar surface area (TPSA) is 133 Å². The fourth-order valence-electron chi connectivity index (χ4n) is 2.71. The third-order valence-corrected chi connectivity index (χ3v) is 4.06. The van der Waals surface area contributed by atoms with E-state index in [-0.39, 0.29) is 17.4 Å². The predicted molar refractivity (Wildman–Crippen MR) is 101 cm³/mol. The van der Waals surface area contributed by atoms with Crippen LogP contribution in [0, 0.1) is 0 Å². The summed E-state index contributed by atoms with van der Waals surface area (Å²) < 4.78 is 6.59. The Morgan fingerprint density at radius 3 is 2.68 bits per heavy atom. The van der Waals surface area contributed by atoms with Crippen LogP contribution in [-0.2, 0) is 6.54 Å².